The first-order valence-corrected chi connectivity index (χ1v) is 10.9. The van der Waals surface area contributed by atoms with Crippen LogP contribution in [0.25, 0.3) is 5.57 Å². The molecule has 0 aliphatic carbocycles. The van der Waals surface area contributed by atoms with E-state index in [1.54, 1.807) is 24.3 Å². The van der Waals surface area contributed by atoms with Crippen molar-refractivity contribution in [3.63, 3.8) is 0 Å². The number of carbonyl (C=O) groups excluding carboxylic acids is 1. The van der Waals surface area contributed by atoms with E-state index in [1.807, 2.05) is 55.5 Å². The van der Waals surface area contributed by atoms with E-state index < -0.39 is 10.0 Å². The first-order valence-electron chi connectivity index (χ1n) is 9.46. The number of esters is 1. The standard InChI is InChI=1S/C23H25NO4S/c1-18-10-12-22(13-11-18)29(26,27)24-14-6-7-19(17-24)15-21(16-23(25)28-2)20-8-4-3-5-9-20/h3-13,15,19H,14,16-17H2,1-2H3/b21-15-. The summed E-state index contributed by atoms with van der Waals surface area (Å²) in [5.41, 5.74) is 2.75. The van der Waals surface area contributed by atoms with Gasteiger partial charge in [0.05, 0.1) is 18.4 Å². The zero-order valence-electron chi connectivity index (χ0n) is 16.6. The van der Waals surface area contributed by atoms with Gasteiger partial charge in [0.2, 0.25) is 10.0 Å². The fourth-order valence-electron chi connectivity index (χ4n) is 3.28. The maximum absolute atomic E-state index is 13.0. The summed E-state index contributed by atoms with van der Waals surface area (Å²) in [4.78, 5) is 12.2. The summed E-state index contributed by atoms with van der Waals surface area (Å²) < 4.78 is 32.3. The molecule has 0 amide bonds. The molecule has 29 heavy (non-hydrogen) atoms. The molecule has 1 aliphatic rings. The van der Waals surface area contributed by atoms with Crippen LogP contribution in [0.15, 0.2) is 77.7 Å². The van der Waals surface area contributed by atoms with Crippen LogP contribution in [0.2, 0.25) is 0 Å². The molecule has 0 bridgehead atoms. The third-order valence-corrected chi connectivity index (χ3v) is 6.73. The number of rotatable bonds is 6. The molecule has 0 spiro atoms. The van der Waals surface area contributed by atoms with Crippen molar-refractivity contribution in [1.82, 2.24) is 4.31 Å². The Hall–Kier alpha value is -2.70. The molecular formula is C23H25NO4S. The van der Waals surface area contributed by atoms with Crippen LogP contribution >= 0.6 is 0 Å². The second-order valence-electron chi connectivity index (χ2n) is 7.04. The SMILES string of the molecule is COC(=O)C/C(=C/C1C=CCN(S(=O)(=O)c2ccc(C)cc2)C1)c1ccccc1. The smallest absolute Gasteiger partial charge is 0.309 e. The molecule has 2 aromatic carbocycles. The van der Waals surface area contributed by atoms with Crippen LogP contribution in [0.3, 0.4) is 0 Å². The Labute approximate surface area is 172 Å². The molecule has 1 heterocycles. The predicted octanol–water partition coefficient (Wildman–Crippen LogP) is 3.82. The largest absolute Gasteiger partial charge is 0.469 e. The number of nitrogens with zero attached hydrogens (tertiary/aromatic N) is 1. The molecule has 0 aromatic heterocycles. The lowest BCUT2D eigenvalue weighted by molar-refractivity contribution is -0.139. The van der Waals surface area contributed by atoms with E-state index in [2.05, 4.69) is 0 Å². The van der Waals surface area contributed by atoms with Crippen LogP contribution in [0.4, 0.5) is 0 Å². The van der Waals surface area contributed by atoms with Gasteiger partial charge in [-0.3, -0.25) is 4.79 Å². The maximum Gasteiger partial charge on any atom is 0.309 e. The average Bonchev–Trinajstić information content (AvgIpc) is 2.74. The number of carbonyl (C=O) groups is 1. The summed E-state index contributed by atoms with van der Waals surface area (Å²) in [6.45, 7) is 2.58. The molecule has 1 unspecified atom stereocenters. The quantitative estimate of drug-likeness (QED) is 0.536. The van der Waals surface area contributed by atoms with Gasteiger partial charge in [-0.2, -0.15) is 4.31 Å². The third-order valence-electron chi connectivity index (χ3n) is 4.89. The van der Waals surface area contributed by atoms with E-state index in [0.29, 0.717) is 18.0 Å². The van der Waals surface area contributed by atoms with Gasteiger partial charge in [-0.15, -0.1) is 0 Å². The summed E-state index contributed by atoms with van der Waals surface area (Å²) in [7, 11) is -2.22. The molecule has 0 N–H and O–H groups in total. The number of ether oxygens (including phenoxy) is 1. The van der Waals surface area contributed by atoms with E-state index in [0.717, 1.165) is 16.7 Å². The predicted molar refractivity (Wildman–Crippen MR) is 114 cm³/mol. The van der Waals surface area contributed by atoms with Crippen molar-refractivity contribution in [3.8, 4) is 0 Å². The summed E-state index contributed by atoms with van der Waals surface area (Å²) in [6, 6.07) is 16.5. The highest BCUT2D eigenvalue weighted by atomic mass is 32.2. The van der Waals surface area contributed by atoms with Crippen LogP contribution in [-0.2, 0) is 19.6 Å². The van der Waals surface area contributed by atoms with Gasteiger partial charge in [-0.05, 0) is 30.2 Å². The lowest BCUT2D eigenvalue weighted by Crippen LogP contribution is -2.37. The second-order valence-corrected chi connectivity index (χ2v) is 8.98. The van der Waals surface area contributed by atoms with Crippen molar-refractivity contribution >= 4 is 21.6 Å². The van der Waals surface area contributed by atoms with Gasteiger partial charge in [-0.1, -0.05) is 66.3 Å². The van der Waals surface area contributed by atoms with Crippen LogP contribution in [0, 0.1) is 12.8 Å². The topological polar surface area (TPSA) is 63.7 Å². The van der Waals surface area contributed by atoms with E-state index in [9.17, 15) is 13.2 Å². The molecule has 152 valence electrons. The highest BCUT2D eigenvalue weighted by molar-refractivity contribution is 7.89. The molecule has 0 fully saturated rings. The molecule has 6 heteroatoms. The van der Waals surface area contributed by atoms with E-state index in [1.165, 1.54) is 11.4 Å². The molecule has 0 saturated carbocycles. The molecule has 1 aliphatic heterocycles. The van der Waals surface area contributed by atoms with E-state index in [4.69, 9.17) is 4.74 Å². The number of sulfonamides is 1. The van der Waals surface area contributed by atoms with Gasteiger partial charge >= 0.3 is 5.97 Å². The number of aryl methyl sites for hydroxylation is 1. The Balaban J connectivity index is 1.86. The number of hydrogen-bond donors (Lipinski definition) is 0. The lowest BCUT2D eigenvalue weighted by Gasteiger charge is -2.27. The summed E-state index contributed by atoms with van der Waals surface area (Å²) in [5, 5.41) is 0. The minimum absolute atomic E-state index is 0.134. The Morgan fingerprint density at radius 1 is 1.14 bits per heavy atom. The zero-order chi connectivity index (χ0) is 20.9. The van der Waals surface area contributed by atoms with E-state index >= 15 is 0 Å². The van der Waals surface area contributed by atoms with Crippen LogP contribution in [0.5, 0.6) is 0 Å². The van der Waals surface area contributed by atoms with Gasteiger partial charge < -0.3 is 4.74 Å². The second kappa shape index (κ2) is 9.20. The summed E-state index contributed by atoms with van der Waals surface area (Å²) in [6.07, 6.45) is 5.94. The molecule has 0 saturated heterocycles. The van der Waals surface area contributed by atoms with Crippen molar-refractivity contribution < 1.29 is 17.9 Å². The maximum atomic E-state index is 13.0. The Morgan fingerprint density at radius 2 is 1.83 bits per heavy atom. The molecule has 1 atom stereocenters. The average molecular weight is 412 g/mol. The van der Waals surface area contributed by atoms with Crippen LogP contribution in [0.1, 0.15) is 17.5 Å². The Morgan fingerprint density at radius 3 is 2.48 bits per heavy atom. The molecular weight excluding hydrogens is 386 g/mol. The van der Waals surface area contributed by atoms with Crippen molar-refractivity contribution in [3.05, 3.63) is 84.0 Å². The Bertz CT molecular complexity index is 1010. The van der Waals surface area contributed by atoms with Gasteiger partial charge in [-0.25, -0.2) is 8.42 Å². The molecule has 3 rings (SSSR count). The number of methoxy groups -OCH3 is 1. The Kier molecular flexibility index (Phi) is 6.67. The van der Waals surface area contributed by atoms with Gasteiger partial charge in [0.25, 0.3) is 0 Å². The fraction of sp³-hybridized carbons (Fsp3) is 0.261. The summed E-state index contributed by atoms with van der Waals surface area (Å²) >= 11 is 0. The van der Waals surface area contributed by atoms with E-state index in [-0.39, 0.29) is 18.3 Å². The monoisotopic (exact) mass is 411 g/mol. The van der Waals surface area contributed by atoms with Crippen molar-refractivity contribution in [2.45, 2.75) is 18.2 Å². The van der Waals surface area contributed by atoms with Crippen LogP contribution in [-0.4, -0.2) is 38.9 Å². The van der Waals surface area contributed by atoms with Crippen molar-refractivity contribution in [2.24, 2.45) is 5.92 Å². The highest BCUT2D eigenvalue weighted by Gasteiger charge is 2.27. The first-order chi connectivity index (χ1) is 13.9. The molecule has 5 nitrogen and oxygen atoms in total. The minimum atomic E-state index is -3.58. The lowest BCUT2D eigenvalue weighted by atomic mass is 9.96. The fourth-order valence-corrected chi connectivity index (χ4v) is 4.71. The third kappa shape index (κ3) is 5.22. The van der Waals surface area contributed by atoms with Gasteiger partial charge in [0.1, 0.15) is 0 Å². The molecule has 2 aromatic rings. The molecule has 0 radical (unpaired) electrons. The van der Waals surface area contributed by atoms with Crippen molar-refractivity contribution in [2.75, 3.05) is 20.2 Å². The minimum Gasteiger partial charge on any atom is -0.469 e. The van der Waals surface area contributed by atoms with Gasteiger partial charge in [0, 0.05) is 19.0 Å². The van der Waals surface area contributed by atoms with Crippen molar-refractivity contribution in [1.29, 1.82) is 0 Å². The normalized spacial score (nSPS) is 17.9. The van der Waals surface area contributed by atoms with Crippen LogP contribution < -0.4 is 0 Å². The summed E-state index contributed by atoms with van der Waals surface area (Å²) in [5.74, 6) is -0.465. The highest BCUT2D eigenvalue weighted by Crippen LogP contribution is 2.26. The zero-order valence-corrected chi connectivity index (χ0v) is 17.4. The first kappa shape index (κ1) is 21.0. The number of hydrogen-bond acceptors (Lipinski definition) is 4. The number of benzene rings is 2. The van der Waals surface area contributed by atoms with Gasteiger partial charge in [0.15, 0.2) is 0 Å².